The van der Waals surface area contributed by atoms with Gasteiger partial charge in [0, 0.05) is 26.2 Å². The third kappa shape index (κ3) is 2.33. The van der Waals surface area contributed by atoms with E-state index in [9.17, 15) is 9.59 Å². The molecule has 0 radical (unpaired) electrons. The number of hydrazine groups is 1. The average molecular weight is 226 g/mol. The number of carbonyl (C=O) groups is 2. The minimum Gasteiger partial charge on any atom is -0.339 e. The van der Waals surface area contributed by atoms with Gasteiger partial charge < -0.3 is 9.80 Å². The molecule has 2 aliphatic heterocycles. The lowest BCUT2D eigenvalue weighted by atomic mass is 10.2. The number of likely N-dealkylation sites (N-methyl/N-ethyl adjacent to an activating group) is 1. The first-order valence-electron chi connectivity index (χ1n) is 5.76. The Morgan fingerprint density at radius 3 is 2.56 bits per heavy atom. The summed E-state index contributed by atoms with van der Waals surface area (Å²) in [5.74, 6) is -0.0698. The van der Waals surface area contributed by atoms with Crippen LogP contribution < -0.4 is 10.9 Å². The summed E-state index contributed by atoms with van der Waals surface area (Å²) in [7, 11) is 0. The van der Waals surface area contributed by atoms with Crippen molar-refractivity contribution in [1.82, 2.24) is 20.7 Å². The molecule has 90 valence electrons. The molecule has 0 aromatic carbocycles. The van der Waals surface area contributed by atoms with Crippen molar-refractivity contribution in [3.8, 4) is 0 Å². The van der Waals surface area contributed by atoms with Crippen molar-refractivity contribution >= 4 is 11.8 Å². The Morgan fingerprint density at radius 1 is 1.38 bits per heavy atom. The molecule has 1 atom stereocenters. The van der Waals surface area contributed by atoms with Crippen LogP contribution in [0.3, 0.4) is 0 Å². The number of nitrogens with one attached hydrogen (secondary N) is 2. The lowest BCUT2D eigenvalue weighted by Crippen LogP contribution is -2.53. The smallest absolute Gasteiger partial charge is 0.242 e. The number of piperazine rings is 1. The summed E-state index contributed by atoms with van der Waals surface area (Å²) < 4.78 is 0. The average Bonchev–Trinajstić information content (AvgIpc) is 2.75. The third-order valence-electron chi connectivity index (χ3n) is 3.20. The second-order valence-corrected chi connectivity index (χ2v) is 4.21. The van der Waals surface area contributed by atoms with Crippen molar-refractivity contribution in [2.75, 3.05) is 32.7 Å². The second kappa shape index (κ2) is 4.80. The molecule has 0 aliphatic carbocycles. The number of carbonyl (C=O) groups excluding carboxylic acids is 2. The molecule has 0 aromatic rings. The van der Waals surface area contributed by atoms with E-state index in [2.05, 4.69) is 22.7 Å². The van der Waals surface area contributed by atoms with Gasteiger partial charge in [0.15, 0.2) is 0 Å². The van der Waals surface area contributed by atoms with Crippen molar-refractivity contribution in [3.63, 3.8) is 0 Å². The SMILES string of the molecule is CCN1CCN(C(=O)C2CC(=O)NN2)CC1. The molecule has 2 saturated heterocycles. The van der Waals surface area contributed by atoms with E-state index in [0.717, 1.165) is 32.7 Å². The van der Waals surface area contributed by atoms with Crippen molar-refractivity contribution in [2.24, 2.45) is 0 Å². The van der Waals surface area contributed by atoms with Crippen molar-refractivity contribution in [1.29, 1.82) is 0 Å². The molecule has 2 N–H and O–H groups in total. The maximum absolute atomic E-state index is 12.0. The predicted molar refractivity (Wildman–Crippen MR) is 58.4 cm³/mol. The molecule has 6 heteroatoms. The van der Waals surface area contributed by atoms with Gasteiger partial charge in [0.25, 0.3) is 0 Å². The summed E-state index contributed by atoms with van der Waals surface area (Å²) in [6, 6.07) is -0.374. The molecule has 2 heterocycles. The highest BCUT2D eigenvalue weighted by Gasteiger charge is 2.32. The number of amides is 2. The number of hydrogen-bond donors (Lipinski definition) is 2. The van der Waals surface area contributed by atoms with Crippen molar-refractivity contribution in [3.05, 3.63) is 0 Å². The highest BCUT2D eigenvalue weighted by molar-refractivity contribution is 5.90. The van der Waals surface area contributed by atoms with Crippen LogP contribution in [0.2, 0.25) is 0 Å². The van der Waals surface area contributed by atoms with Gasteiger partial charge in [-0.3, -0.25) is 15.0 Å². The molecule has 2 fully saturated rings. The lowest BCUT2D eigenvalue weighted by molar-refractivity contribution is -0.135. The Kier molecular flexibility index (Phi) is 3.40. The zero-order chi connectivity index (χ0) is 11.5. The summed E-state index contributed by atoms with van der Waals surface area (Å²) >= 11 is 0. The minimum atomic E-state index is -0.374. The summed E-state index contributed by atoms with van der Waals surface area (Å²) in [5.41, 5.74) is 5.19. The minimum absolute atomic E-state index is 0.0362. The van der Waals surface area contributed by atoms with Crippen molar-refractivity contribution < 1.29 is 9.59 Å². The van der Waals surface area contributed by atoms with Gasteiger partial charge in [-0.05, 0) is 6.54 Å². The van der Waals surface area contributed by atoms with Gasteiger partial charge in [-0.2, -0.15) is 0 Å². The topological polar surface area (TPSA) is 64.7 Å². The van der Waals surface area contributed by atoms with Gasteiger partial charge in [0.05, 0.1) is 6.42 Å². The molecule has 2 rings (SSSR count). The van der Waals surface area contributed by atoms with E-state index in [1.54, 1.807) is 0 Å². The highest BCUT2D eigenvalue weighted by Crippen LogP contribution is 2.07. The quantitative estimate of drug-likeness (QED) is 0.604. The van der Waals surface area contributed by atoms with E-state index in [0.29, 0.717) is 0 Å². The van der Waals surface area contributed by atoms with Gasteiger partial charge in [0.1, 0.15) is 6.04 Å². The van der Waals surface area contributed by atoms with E-state index in [1.807, 2.05) is 4.90 Å². The largest absolute Gasteiger partial charge is 0.339 e. The van der Waals surface area contributed by atoms with E-state index >= 15 is 0 Å². The molecular weight excluding hydrogens is 208 g/mol. The van der Waals surface area contributed by atoms with Crippen LogP contribution in [0.1, 0.15) is 13.3 Å². The molecule has 0 saturated carbocycles. The Morgan fingerprint density at radius 2 is 2.06 bits per heavy atom. The van der Waals surface area contributed by atoms with Crippen LogP contribution in [-0.4, -0.2) is 60.4 Å². The molecular formula is C10H18N4O2. The predicted octanol–water partition coefficient (Wildman–Crippen LogP) is -1.46. The van der Waals surface area contributed by atoms with Gasteiger partial charge >= 0.3 is 0 Å². The van der Waals surface area contributed by atoms with Crippen LogP contribution in [0.15, 0.2) is 0 Å². The van der Waals surface area contributed by atoms with Gasteiger partial charge in [-0.1, -0.05) is 6.92 Å². The Bertz CT molecular complexity index is 287. The summed E-state index contributed by atoms with van der Waals surface area (Å²) in [6.07, 6.45) is 0.257. The first-order chi connectivity index (χ1) is 7.70. The Labute approximate surface area is 94.9 Å². The molecule has 16 heavy (non-hydrogen) atoms. The van der Waals surface area contributed by atoms with Crippen molar-refractivity contribution in [2.45, 2.75) is 19.4 Å². The van der Waals surface area contributed by atoms with Gasteiger partial charge in [-0.15, -0.1) is 0 Å². The van der Waals surface area contributed by atoms with E-state index in [1.165, 1.54) is 0 Å². The summed E-state index contributed by atoms with van der Waals surface area (Å²) in [4.78, 5) is 27.1. The van der Waals surface area contributed by atoms with Gasteiger partial charge in [-0.25, -0.2) is 5.43 Å². The Balaban J connectivity index is 1.84. The molecule has 2 aliphatic rings. The number of hydrogen-bond acceptors (Lipinski definition) is 4. The summed E-state index contributed by atoms with van der Waals surface area (Å²) in [6.45, 7) is 6.53. The Hall–Kier alpha value is -1.14. The van der Waals surface area contributed by atoms with E-state index < -0.39 is 0 Å². The molecule has 0 aromatic heterocycles. The second-order valence-electron chi connectivity index (χ2n) is 4.21. The first kappa shape index (κ1) is 11.3. The highest BCUT2D eigenvalue weighted by atomic mass is 16.2. The monoisotopic (exact) mass is 226 g/mol. The standard InChI is InChI=1S/C10H18N4O2/c1-2-13-3-5-14(6-4-13)10(16)8-7-9(15)12-11-8/h8,11H,2-7H2,1H3,(H,12,15). The molecule has 6 nitrogen and oxygen atoms in total. The van der Waals surface area contributed by atoms with Crippen LogP contribution >= 0.6 is 0 Å². The lowest BCUT2D eigenvalue weighted by Gasteiger charge is -2.35. The van der Waals surface area contributed by atoms with Crippen LogP contribution in [0.4, 0.5) is 0 Å². The third-order valence-corrected chi connectivity index (χ3v) is 3.20. The maximum atomic E-state index is 12.0. The molecule has 0 bridgehead atoms. The normalized spacial score (nSPS) is 26.9. The maximum Gasteiger partial charge on any atom is 0.242 e. The molecule has 0 spiro atoms. The fourth-order valence-corrected chi connectivity index (χ4v) is 2.11. The summed E-state index contributed by atoms with van der Waals surface area (Å²) in [5, 5.41) is 0. The number of nitrogens with zero attached hydrogens (tertiary/aromatic N) is 2. The molecule has 2 amide bonds. The zero-order valence-electron chi connectivity index (χ0n) is 9.53. The fourth-order valence-electron chi connectivity index (χ4n) is 2.11. The van der Waals surface area contributed by atoms with Crippen LogP contribution in [0.5, 0.6) is 0 Å². The van der Waals surface area contributed by atoms with Crippen LogP contribution in [0.25, 0.3) is 0 Å². The van der Waals surface area contributed by atoms with Gasteiger partial charge in [0.2, 0.25) is 11.8 Å². The zero-order valence-corrected chi connectivity index (χ0v) is 9.53. The fraction of sp³-hybridized carbons (Fsp3) is 0.800. The number of rotatable bonds is 2. The molecule has 1 unspecified atom stereocenters. The van der Waals surface area contributed by atoms with E-state index in [4.69, 9.17) is 0 Å². The van der Waals surface area contributed by atoms with Crippen LogP contribution in [-0.2, 0) is 9.59 Å². The first-order valence-corrected chi connectivity index (χ1v) is 5.76. The van der Waals surface area contributed by atoms with Crippen LogP contribution in [0, 0.1) is 0 Å². The van der Waals surface area contributed by atoms with E-state index in [-0.39, 0.29) is 24.3 Å².